The maximum Gasteiger partial charge on any atom is 0.205 e. The van der Waals surface area contributed by atoms with Gasteiger partial charge < -0.3 is 9.88 Å². The fraction of sp³-hybridized carbons (Fsp3) is 0.400. The van der Waals surface area contributed by atoms with Crippen LogP contribution in [0.4, 0.5) is 5.13 Å². The van der Waals surface area contributed by atoms with Crippen molar-refractivity contribution in [1.82, 2.24) is 14.8 Å². The van der Waals surface area contributed by atoms with Gasteiger partial charge in [-0.3, -0.25) is 0 Å². The second-order valence-corrected chi connectivity index (χ2v) is 4.45. The molecular formula is C10H14N4S. The molecule has 0 aliphatic carbocycles. The second kappa shape index (κ2) is 4.44. The zero-order chi connectivity index (χ0) is 10.7. The van der Waals surface area contributed by atoms with Gasteiger partial charge in [-0.1, -0.05) is 11.3 Å². The lowest BCUT2D eigenvalue weighted by Gasteiger charge is -2.06. The first-order chi connectivity index (χ1) is 7.29. The van der Waals surface area contributed by atoms with Crippen LogP contribution >= 0.6 is 11.3 Å². The third-order valence-electron chi connectivity index (χ3n) is 2.21. The molecule has 0 saturated carbocycles. The van der Waals surface area contributed by atoms with Crippen molar-refractivity contribution in [2.75, 3.05) is 5.32 Å². The minimum absolute atomic E-state index is 0.801. The van der Waals surface area contributed by atoms with Crippen LogP contribution in [0.5, 0.6) is 0 Å². The summed E-state index contributed by atoms with van der Waals surface area (Å²) >= 11 is 1.58. The largest absolute Gasteiger partial charge is 0.355 e. The van der Waals surface area contributed by atoms with Gasteiger partial charge in [-0.05, 0) is 26.0 Å². The Morgan fingerprint density at radius 3 is 3.00 bits per heavy atom. The van der Waals surface area contributed by atoms with Crippen LogP contribution < -0.4 is 5.32 Å². The average molecular weight is 222 g/mol. The summed E-state index contributed by atoms with van der Waals surface area (Å²) < 4.78 is 2.21. The molecule has 80 valence electrons. The van der Waals surface area contributed by atoms with Gasteiger partial charge in [0.2, 0.25) is 5.13 Å². The molecule has 15 heavy (non-hydrogen) atoms. The summed E-state index contributed by atoms with van der Waals surface area (Å²) in [6.07, 6.45) is 2.09. The monoisotopic (exact) mass is 222 g/mol. The number of aryl methyl sites for hydroxylation is 2. The molecule has 0 amide bonds. The van der Waals surface area contributed by atoms with Crippen molar-refractivity contribution in [3.8, 4) is 0 Å². The summed E-state index contributed by atoms with van der Waals surface area (Å²) in [5, 5.41) is 13.1. The smallest absolute Gasteiger partial charge is 0.205 e. The number of hydrogen-bond acceptors (Lipinski definition) is 4. The third-order valence-corrected chi connectivity index (χ3v) is 3.01. The van der Waals surface area contributed by atoms with Gasteiger partial charge in [-0.2, -0.15) is 0 Å². The van der Waals surface area contributed by atoms with E-state index in [9.17, 15) is 0 Å². The molecule has 0 spiro atoms. The molecule has 2 aromatic rings. The van der Waals surface area contributed by atoms with E-state index in [4.69, 9.17) is 0 Å². The van der Waals surface area contributed by atoms with Crippen LogP contribution in [-0.2, 0) is 13.1 Å². The summed E-state index contributed by atoms with van der Waals surface area (Å²) in [7, 11) is 0. The summed E-state index contributed by atoms with van der Waals surface area (Å²) in [6.45, 7) is 5.89. The Hall–Kier alpha value is -1.36. The molecule has 0 aliphatic rings. The van der Waals surface area contributed by atoms with Gasteiger partial charge in [0.25, 0.3) is 0 Å². The van der Waals surface area contributed by atoms with E-state index < -0.39 is 0 Å². The molecule has 0 fully saturated rings. The SMILES string of the molecule is CCn1cccc1CNc1nnc(C)s1. The number of hydrogen-bond donors (Lipinski definition) is 1. The van der Waals surface area contributed by atoms with Crippen LogP contribution in [0.3, 0.4) is 0 Å². The van der Waals surface area contributed by atoms with E-state index in [0.29, 0.717) is 0 Å². The lowest BCUT2D eigenvalue weighted by atomic mass is 10.4. The third kappa shape index (κ3) is 2.36. The van der Waals surface area contributed by atoms with Crippen molar-refractivity contribution in [2.45, 2.75) is 26.9 Å². The molecule has 0 bridgehead atoms. The predicted molar refractivity (Wildman–Crippen MR) is 62.1 cm³/mol. The van der Waals surface area contributed by atoms with Crippen molar-refractivity contribution in [1.29, 1.82) is 0 Å². The fourth-order valence-corrected chi connectivity index (χ4v) is 2.04. The molecule has 0 atom stereocenters. The number of rotatable bonds is 4. The molecule has 1 N–H and O–H groups in total. The maximum atomic E-state index is 4.02. The van der Waals surface area contributed by atoms with Gasteiger partial charge in [0.15, 0.2) is 0 Å². The van der Waals surface area contributed by atoms with E-state index in [-0.39, 0.29) is 0 Å². The average Bonchev–Trinajstić information content (AvgIpc) is 2.83. The van der Waals surface area contributed by atoms with Crippen molar-refractivity contribution in [3.05, 3.63) is 29.0 Å². The van der Waals surface area contributed by atoms with Crippen LogP contribution in [0.2, 0.25) is 0 Å². The summed E-state index contributed by atoms with van der Waals surface area (Å²) in [4.78, 5) is 0. The van der Waals surface area contributed by atoms with Crippen molar-refractivity contribution >= 4 is 16.5 Å². The normalized spacial score (nSPS) is 10.5. The van der Waals surface area contributed by atoms with Crippen LogP contribution in [-0.4, -0.2) is 14.8 Å². The number of aromatic nitrogens is 3. The number of nitrogens with zero attached hydrogens (tertiary/aromatic N) is 3. The maximum absolute atomic E-state index is 4.02. The molecule has 0 radical (unpaired) electrons. The Bertz CT molecular complexity index is 432. The Balaban J connectivity index is 1.98. The first-order valence-electron chi connectivity index (χ1n) is 4.97. The van der Waals surface area contributed by atoms with E-state index in [1.807, 2.05) is 6.92 Å². The van der Waals surface area contributed by atoms with E-state index in [1.54, 1.807) is 11.3 Å². The standard InChI is InChI=1S/C10H14N4S/c1-3-14-6-4-5-9(14)7-11-10-13-12-8(2)15-10/h4-6H,3,7H2,1-2H3,(H,11,13). The highest BCUT2D eigenvalue weighted by Crippen LogP contribution is 2.14. The highest BCUT2D eigenvalue weighted by atomic mass is 32.1. The number of anilines is 1. The van der Waals surface area contributed by atoms with Crippen LogP contribution in [0, 0.1) is 6.92 Å². The minimum atomic E-state index is 0.801. The summed E-state index contributed by atoms with van der Waals surface area (Å²) in [5.74, 6) is 0. The molecule has 0 aliphatic heterocycles. The summed E-state index contributed by atoms with van der Waals surface area (Å²) in [5.41, 5.74) is 1.27. The molecular weight excluding hydrogens is 208 g/mol. The first-order valence-corrected chi connectivity index (χ1v) is 5.79. The van der Waals surface area contributed by atoms with Crippen molar-refractivity contribution in [2.24, 2.45) is 0 Å². The Morgan fingerprint density at radius 1 is 1.47 bits per heavy atom. The fourth-order valence-electron chi connectivity index (χ4n) is 1.45. The van der Waals surface area contributed by atoms with Crippen LogP contribution in [0.1, 0.15) is 17.6 Å². The van der Waals surface area contributed by atoms with E-state index in [0.717, 1.165) is 23.2 Å². The Labute approximate surface area is 93.0 Å². The van der Waals surface area contributed by atoms with E-state index in [1.165, 1.54) is 5.69 Å². The summed E-state index contributed by atoms with van der Waals surface area (Å²) in [6, 6.07) is 4.18. The molecule has 0 unspecified atom stereocenters. The first kappa shape index (κ1) is 10.2. The topological polar surface area (TPSA) is 42.7 Å². The molecule has 0 aromatic carbocycles. The van der Waals surface area contributed by atoms with Gasteiger partial charge in [-0.15, -0.1) is 10.2 Å². The lowest BCUT2D eigenvalue weighted by Crippen LogP contribution is -2.05. The molecule has 5 heteroatoms. The Kier molecular flexibility index (Phi) is 3.01. The molecule has 2 heterocycles. The van der Waals surface area contributed by atoms with Crippen LogP contribution in [0.25, 0.3) is 0 Å². The predicted octanol–water partition coefficient (Wildman–Crippen LogP) is 2.28. The lowest BCUT2D eigenvalue weighted by molar-refractivity contribution is 0.723. The highest BCUT2D eigenvalue weighted by molar-refractivity contribution is 7.15. The molecule has 4 nitrogen and oxygen atoms in total. The van der Waals surface area contributed by atoms with E-state index >= 15 is 0 Å². The van der Waals surface area contributed by atoms with Gasteiger partial charge in [-0.25, -0.2) is 0 Å². The quantitative estimate of drug-likeness (QED) is 0.863. The van der Waals surface area contributed by atoms with Gasteiger partial charge >= 0.3 is 0 Å². The van der Waals surface area contributed by atoms with Crippen molar-refractivity contribution in [3.63, 3.8) is 0 Å². The zero-order valence-electron chi connectivity index (χ0n) is 8.90. The van der Waals surface area contributed by atoms with Gasteiger partial charge in [0, 0.05) is 18.4 Å². The van der Waals surface area contributed by atoms with Crippen molar-refractivity contribution < 1.29 is 0 Å². The van der Waals surface area contributed by atoms with E-state index in [2.05, 4.69) is 45.3 Å². The second-order valence-electron chi connectivity index (χ2n) is 3.27. The van der Waals surface area contributed by atoms with Crippen LogP contribution in [0.15, 0.2) is 18.3 Å². The number of nitrogens with one attached hydrogen (secondary N) is 1. The Morgan fingerprint density at radius 2 is 2.33 bits per heavy atom. The van der Waals surface area contributed by atoms with Gasteiger partial charge in [0.1, 0.15) is 5.01 Å². The zero-order valence-corrected chi connectivity index (χ0v) is 9.71. The molecule has 2 rings (SSSR count). The molecule has 2 aromatic heterocycles. The minimum Gasteiger partial charge on any atom is -0.355 e. The molecule has 0 saturated heterocycles. The van der Waals surface area contributed by atoms with Gasteiger partial charge in [0.05, 0.1) is 6.54 Å². The highest BCUT2D eigenvalue weighted by Gasteiger charge is 2.02.